The minimum Gasteiger partial charge on any atom is -0.477 e. The Kier molecular flexibility index (Phi) is 2.30. The zero-order valence-electron chi connectivity index (χ0n) is 6.54. The Balaban J connectivity index is 2.87. The molecule has 0 bridgehead atoms. The van der Waals surface area contributed by atoms with Crippen LogP contribution in [0.5, 0.6) is 0 Å². The molecule has 1 saturated heterocycles. The van der Waals surface area contributed by atoms with Gasteiger partial charge in [0, 0.05) is 6.42 Å². The largest absolute Gasteiger partial charge is 0.477 e. The van der Waals surface area contributed by atoms with E-state index < -0.39 is 36.7 Å². The highest BCUT2D eigenvalue weighted by atomic mass is 16.7. The van der Waals surface area contributed by atoms with Gasteiger partial charge in [-0.25, -0.2) is 4.79 Å². The van der Waals surface area contributed by atoms with Crippen LogP contribution in [0.25, 0.3) is 0 Å². The molecule has 76 valence electrons. The topological polar surface area (TPSA) is 127 Å². The molecule has 0 aliphatic carbocycles. The maximum Gasteiger partial charge on any atom is 0.364 e. The van der Waals surface area contributed by atoms with Crippen LogP contribution >= 0.6 is 0 Å². The molecule has 0 saturated carbocycles. The van der Waals surface area contributed by atoms with Gasteiger partial charge >= 0.3 is 5.97 Å². The van der Waals surface area contributed by atoms with Gasteiger partial charge in [-0.2, -0.15) is 0 Å². The lowest BCUT2D eigenvalue weighted by Gasteiger charge is -2.24. The van der Waals surface area contributed by atoms with Gasteiger partial charge < -0.3 is 30.3 Å². The fourth-order valence-electron chi connectivity index (χ4n) is 1.09. The second kappa shape index (κ2) is 2.89. The zero-order valence-corrected chi connectivity index (χ0v) is 6.54. The first kappa shape index (κ1) is 10.4. The van der Waals surface area contributed by atoms with E-state index in [1.807, 2.05) is 0 Å². The number of carboxylic acid groups (broad SMARTS) is 1. The van der Waals surface area contributed by atoms with Crippen molar-refractivity contribution in [3.8, 4) is 0 Å². The van der Waals surface area contributed by atoms with Crippen molar-refractivity contribution >= 4 is 5.97 Å². The molecule has 0 radical (unpaired) electrons. The van der Waals surface area contributed by atoms with Gasteiger partial charge in [0.1, 0.15) is 6.10 Å². The summed E-state index contributed by atoms with van der Waals surface area (Å²) in [5.74, 6) is -6.78. The predicted octanol–water partition coefficient (Wildman–Crippen LogP) is -2.78. The second-order valence-electron chi connectivity index (χ2n) is 2.91. The fraction of sp³-hybridized carbons (Fsp3) is 0.833. The number of carboxylic acids is 1. The molecule has 0 aromatic carbocycles. The summed E-state index contributed by atoms with van der Waals surface area (Å²) in [6.07, 6.45) is -2.34. The molecular formula is C6H10O7. The molecule has 1 heterocycles. The first-order valence-electron chi connectivity index (χ1n) is 3.51. The van der Waals surface area contributed by atoms with E-state index in [1.54, 1.807) is 0 Å². The number of aliphatic hydroxyl groups is 4. The van der Waals surface area contributed by atoms with Crippen molar-refractivity contribution in [2.45, 2.75) is 24.1 Å². The maximum atomic E-state index is 10.4. The molecule has 0 unspecified atom stereocenters. The Hall–Kier alpha value is -0.730. The SMILES string of the molecule is O=C(O)[C@]1(O)C[C@H](O)[C@](O)(CO)O1. The molecule has 0 aromatic rings. The van der Waals surface area contributed by atoms with Crippen molar-refractivity contribution in [1.29, 1.82) is 0 Å². The molecule has 5 N–H and O–H groups in total. The van der Waals surface area contributed by atoms with Crippen molar-refractivity contribution in [3.63, 3.8) is 0 Å². The van der Waals surface area contributed by atoms with Gasteiger partial charge in [0.25, 0.3) is 5.79 Å². The Bertz CT molecular complexity index is 229. The highest BCUT2D eigenvalue weighted by Crippen LogP contribution is 2.34. The Morgan fingerprint density at radius 3 is 2.31 bits per heavy atom. The quantitative estimate of drug-likeness (QED) is 0.321. The van der Waals surface area contributed by atoms with E-state index in [9.17, 15) is 9.90 Å². The van der Waals surface area contributed by atoms with Crippen LogP contribution in [0.15, 0.2) is 0 Å². The van der Waals surface area contributed by atoms with Crippen molar-refractivity contribution in [2.75, 3.05) is 6.61 Å². The van der Waals surface area contributed by atoms with Gasteiger partial charge in [-0.05, 0) is 0 Å². The standard InChI is InChI=1S/C6H10O7/c7-2-6(12)3(8)1-5(11,13-6)4(9)10/h3,7-8,11-12H,1-2H2,(H,9,10)/t3-,5-,6-/m0/s1. The summed E-state index contributed by atoms with van der Waals surface area (Å²) < 4.78 is 4.27. The third-order valence-corrected chi connectivity index (χ3v) is 1.90. The Morgan fingerprint density at radius 1 is 1.54 bits per heavy atom. The van der Waals surface area contributed by atoms with Crippen LogP contribution in [-0.4, -0.2) is 55.8 Å². The number of carbonyl (C=O) groups is 1. The molecule has 1 aliphatic rings. The van der Waals surface area contributed by atoms with E-state index in [0.717, 1.165) is 0 Å². The summed E-state index contributed by atoms with van der Waals surface area (Å²) in [4.78, 5) is 10.4. The number of rotatable bonds is 2. The van der Waals surface area contributed by atoms with Crippen LogP contribution in [0.2, 0.25) is 0 Å². The van der Waals surface area contributed by atoms with Crippen LogP contribution in [0.1, 0.15) is 6.42 Å². The first-order chi connectivity index (χ1) is 5.84. The van der Waals surface area contributed by atoms with Gasteiger partial charge in [-0.1, -0.05) is 0 Å². The number of aliphatic carboxylic acids is 1. The smallest absolute Gasteiger partial charge is 0.364 e. The zero-order chi connectivity index (χ0) is 10.3. The minimum atomic E-state index is -2.64. The van der Waals surface area contributed by atoms with Crippen LogP contribution < -0.4 is 0 Å². The normalized spacial score (nSPS) is 45.1. The summed E-state index contributed by atoms with van der Waals surface area (Å²) >= 11 is 0. The van der Waals surface area contributed by atoms with Crippen molar-refractivity contribution in [3.05, 3.63) is 0 Å². The highest BCUT2D eigenvalue weighted by molar-refractivity contribution is 5.75. The summed E-state index contributed by atoms with van der Waals surface area (Å²) in [5.41, 5.74) is 0. The Morgan fingerprint density at radius 2 is 2.08 bits per heavy atom. The van der Waals surface area contributed by atoms with E-state index in [0.29, 0.717) is 0 Å². The Labute approximate surface area is 72.8 Å². The highest BCUT2D eigenvalue weighted by Gasteiger charge is 2.58. The van der Waals surface area contributed by atoms with E-state index in [4.69, 9.17) is 20.4 Å². The van der Waals surface area contributed by atoms with Crippen LogP contribution in [0.3, 0.4) is 0 Å². The summed E-state index contributed by atoms with van der Waals surface area (Å²) in [6, 6.07) is 0. The third-order valence-electron chi connectivity index (χ3n) is 1.90. The number of ether oxygens (including phenoxy) is 1. The lowest BCUT2D eigenvalue weighted by molar-refractivity contribution is -0.305. The molecule has 1 aliphatic heterocycles. The number of aliphatic hydroxyl groups excluding tert-OH is 2. The summed E-state index contributed by atoms with van der Waals surface area (Å²) in [5, 5.41) is 44.4. The fourth-order valence-corrected chi connectivity index (χ4v) is 1.09. The van der Waals surface area contributed by atoms with Crippen LogP contribution in [0, 0.1) is 0 Å². The lowest BCUT2D eigenvalue weighted by Crippen LogP contribution is -2.45. The van der Waals surface area contributed by atoms with Gasteiger partial charge in [0.15, 0.2) is 0 Å². The summed E-state index contributed by atoms with van der Waals surface area (Å²) in [7, 11) is 0. The van der Waals surface area contributed by atoms with E-state index in [2.05, 4.69) is 4.74 Å². The monoisotopic (exact) mass is 194 g/mol. The average Bonchev–Trinajstić information content (AvgIpc) is 2.25. The van der Waals surface area contributed by atoms with E-state index >= 15 is 0 Å². The molecule has 7 heteroatoms. The molecule has 3 atom stereocenters. The molecule has 0 amide bonds. The molecule has 1 rings (SSSR count). The van der Waals surface area contributed by atoms with Crippen molar-refractivity contribution in [1.82, 2.24) is 0 Å². The van der Waals surface area contributed by atoms with Gasteiger partial charge in [0.05, 0.1) is 6.61 Å². The van der Waals surface area contributed by atoms with Gasteiger partial charge in [-0.3, -0.25) is 0 Å². The van der Waals surface area contributed by atoms with Crippen LogP contribution in [0.4, 0.5) is 0 Å². The van der Waals surface area contributed by atoms with Crippen LogP contribution in [-0.2, 0) is 9.53 Å². The predicted molar refractivity (Wildman–Crippen MR) is 36.3 cm³/mol. The van der Waals surface area contributed by atoms with E-state index in [-0.39, 0.29) is 0 Å². The van der Waals surface area contributed by atoms with Gasteiger partial charge in [-0.15, -0.1) is 0 Å². The van der Waals surface area contributed by atoms with E-state index in [1.165, 1.54) is 0 Å². The first-order valence-corrected chi connectivity index (χ1v) is 3.51. The molecule has 13 heavy (non-hydrogen) atoms. The van der Waals surface area contributed by atoms with Crippen molar-refractivity contribution < 1.29 is 35.1 Å². The minimum absolute atomic E-state index is 0.695. The molecular weight excluding hydrogens is 184 g/mol. The van der Waals surface area contributed by atoms with Crippen molar-refractivity contribution in [2.24, 2.45) is 0 Å². The lowest BCUT2D eigenvalue weighted by atomic mass is 10.1. The van der Waals surface area contributed by atoms with Gasteiger partial charge in [0.2, 0.25) is 5.79 Å². The maximum absolute atomic E-state index is 10.4. The average molecular weight is 194 g/mol. The molecule has 7 nitrogen and oxygen atoms in total. The molecule has 0 aromatic heterocycles. The number of hydrogen-bond acceptors (Lipinski definition) is 6. The molecule has 0 spiro atoms. The third kappa shape index (κ3) is 1.52. The second-order valence-corrected chi connectivity index (χ2v) is 2.91. The number of hydrogen-bond donors (Lipinski definition) is 5. The summed E-state index contributed by atoms with van der Waals surface area (Å²) in [6.45, 7) is -0.996. The molecule has 1 fully saturated rings.